The van der Waals surface area contributed by atoms with Crippen LogP contribution < -0.4 is 0 Å². The summed E-state index contributed by atoms with van der Waals surface area (Å²) in [5.74, 6) is -0.128. The summed E-state index contributed by atoms with van der Waals surface area (Å²) in [5, 5.41) is 0.718. The lowest BCUT2D eigenvalue weighted by Crippen LogP contribution is -2.33. The number of amides is 1. The largest absolute Gasteiger partial charge is 0.336 e. The summed E-state index contributed by atoms with van der Waals surface area (Å²) in [5.41, 5.74) is 0.957. The molecule has 7 heteroatoms. The van der Waals surface area contributed by atoms with E-state index in [9.17, 15) is 13.2 Å². The van der Waals surface area contributed by atoms with Gasteiger partial charge in [-0.15, -0.1) is 0 Å². The molecular weight excluding hydrogens is 381 g/mol. The molecular formula is C18H23Cl2NO3S. The molecule has 0 spiro atoms. The fraction of sp³-hybridized carbons (Fsp3) is 0.611. The van der Waals surface area contributed by atoms with E-state index in [0.29, 0.717) is 16.6 Å². The highest BCUT2D eigenvalue weighted by Crippen LogP contribution is 2.35. The quantitative estimate of drug-likeness (QED) is 0.731. The Morgan fingerprint density at radius 1 is 1.08 bits per heavy atom. The van der Waals surface area contributed by atoms with Gasteiger partial charge in [0.1, 0.15) is 0 Å². The number of carbonyl (C=O) groups excluding carboxylic acids is 1. The third-order valence-corrected chi connectivity index (χ3v) is 8.31. The molecule has 2 fully saturated rings. The van der Waals surface area contributed by atoms with Gasteiger partial charge in [-0.1, -0.05) is 42.1 Å². The minimum Gasteiger partial charge on any atom is -0.336 e. The van der Waals surface area contributed by atoms with E-state index in [1.165, 1.54) is 0 Å². The zero-order chi connectivity index (χ0) is 18.0. The van der Waals surface area contributed by atoms with E-state index in [1.54, 1.807) is 17.0 Å². The van der Waals surface area contributed by atoms with E-state index in [-0.39, 0.29) is 29.4 Å². The lowest BCUT2D eigenvalue weighted by molar-refractivity contribution is -0.131. The van der Waals surface area contributed by atoms with Gasteiger partial charge in [-0.3, -0.25) is 4.79 Å². The van der Waals surface area contributed by atoms with Crippen LogP contribution in [0.5, 0.6) is 0 Å². The molecule has 4 nitrogen and oxygen atoms in total. The number of halogens is 2. The van der Waals surface area contributed by atoms with E-state index in [1.807, 2.05) is 6.07 Å². The predicted octanol–water partition coefficient (Wildman–Crippen LogP) is 4.40. The fourth-order valence-corrected chi connectivity index (χ4v) is 6.07. The van der Waals surface area contributed by atoms with Crippen LogP contribution in [0.25, 0.3) is 0 Å². The highest BCUT2D eigenvalue weighted by Gasteiger charge is 2.33. The van der Waals surface area contributed by atoms with Gasteiger partial charge in [0.05, 0.1) is 27.1 Å². The monoisotopic (exact) mass is 403 g/mol. The Morgan fingerprint density at radius 3 is 2.48 bits per heavy atom. The van der Waals surface area contributed by atoms with Crippen LogP contribution in [-0.4, -0.2) is 36.8 Å². The van der Waals surface area contributed by atoms with Crippen LogP contribution in [0.4, 0.5) is 0 Å². The SMILES string of the molecule is O=C(CCS(=O)(=O)C1CCCC1)N1CCC[C@@H]1c1ccc(Cl)c(Cl)c1. The third kappa shape index (κ3) is 4.32. The smallest absolute Gasteiger partial charge is 0.224 e. The van der Waals surface area contributed by atoms with Crippen LogP contribution in [0.1, 0.15) is 56.6 Å². The lowest BCUT2D eigenvalue weighted by atomic mass is 10.0. The Labute approximate surface area is 159 Å². The Kier molecular flexibility index (Phi) is 5.96. The number of hydrogen-bond donors (Lipinski definition) is 0. The van der Waals surface area contributed by atoms with Crippen LogP contribution >= 0.6 is 23.2 Å². The molecule has 0 bridgehead atoms. The lowest BCUT2D eigenvalue weighted by Gasteiger charge is -2.25. The second kappa shape index (κ2) is 7.85. The first-order valence-electron chi connectivity index (χ1n) is 8.84. The minimum atomic E-state index is -3.17. The molecule has 3 rings (SSSR count). The first-order chi connectivity index (χ1) is 11.9. The molecule has 1 saturated carbocycles. The van der Waals surface area contributed by atoms with Gasteiger partial charge in [0, 0.05) is 13.0 Å². The van der Waals surface area contributed by atoms with E-state index < -0.39 is 9.84 Å². The molecule has 1 saturated heterocycles. The number of likely N-dealkylation sites (tertiary alicyclic amines) is 1. The molecule has 138 valence electrons. The highest BCUT2D eigenvalue weighted by molar-refractivity contribution is 7.92. The van der Waals surface area contributed by atoms with Crippen LogP contribution in [0, 0.1) is 0 Å². The van der Waals surface area contributed by atoms with Crippen LogP contribution in [0.2, 0.25) is 10.0 Å². The summed E-state index contributed by atoms with van der Waals surface area (Å²) in [7, 11) is -3.17. The van der Waals surface area contributed by atoms with Gasteiger partial charge in [-0.25, -0.2) is 8.42 Å². The van der Waals surface area contributed by atoms with Crippen molar-refractivity contribution >= 4 is 38.9 Å². The molecule has 1 atom stereocenters. The zero-order valence-corrected chi connectivity index (χ0v) is 16.4. The third-order valence-electron chi connectivity index (χ3n) is 5.31. The van der Waals surface area contributed by atoms with Crippen molar-refractivity contribution in [1.82, 2.24) is 4.90 Å². The first kappa shape index (κ1) is 19.0. The molecule has 2 aliphatic rings. The van der Waals surface area contributed by atoms with Gasteiger partial charge < -0.3 is 4.90 Å². The Morgan fingerprint density at radius 2 is 1.80 bits per heavy atom. The van der Waals surface area contributed by atoms with Gasteiger partial charge >= 0.3 is 0 Å². The summed E-state index contributed by atoms with van der Waals surface area (Å²) in [4.78, 5) is 14.4. The van der Waals surface area contributed by atoms with Crippen molar-refractivity contribution in [2.45, 2.75) is 56.2 Å². The average molecular weight is 404 g/mol. The minimum absolute atomic E-state index is 0.0406. The number of nitrogens with zero attached hydrogens (tertiary/aromatic N) is 1. The Hall–Kier alpha value is -0.780. The number of benzene rings is 1. The van der Waals surface area contributed by atoms with Gasteiger partial charge in [-0.2, -0.15) is 0 Å². The maximum Gasteiger partial charge on any atom is 0.224 e. The maximum absolute atomic E-state index is 12.6. The van der Waals surface area contributed by atoms with Crippen LogP contribution in [0.3, 0.4) is 0 Å². The molecule has 1 aromatic rings. The molecule has 0 unspecified atom stereocenters. The van der Waals surface area contributed by atoms with Gasteiger partial charge in [0.25, 0.3) is 0 Å². The number of sulfone groups is 1. The van der Waals surface area contributed by atoms with E-state index in [4.69, 9.17) is 23.2 Å². The topological polar surface area (TPSA) is 54.5 Å². The average Bonchev–Trinajstić information content (AvgIpc) is 3.27. The number of carbonyl (C=O) groups is 1. The normalized spacial score (nSPS) is 21.8. The van der Waals surface area contributed by atoms with Crippen molar-refractivity contribution in [3.05, 3.63) is 33.8 Å². The number of hydrogen-bond acceptors (Lipinski definition) is 3. The van der Waals surface area contributed by atoms with Gasteiger partial charge in [0.15, 0.2) is 9.84 Å². The fourth-order valence-electron chi connectivity index (χ4n) is 3.92. The van der Waals surface area contributed by atoms with Gasteiger partial charge in [0.2, 0.25) is 5.91 Å². The molecule has 0 N–H and O–H groups in total. The number of rotatable bonds is 5. The Balaban J connectivity index is 1.65. The van der Waals surface area contributed by atoms with Crippen molar-refractivity contribution in [2.75, 3.05) is 12.3 Å². The first-order valence-corrected chi connectivity index (χ1v) is 11.3. The second-order valence-corrected chi connectivity index (χ2v) is 10.2. The van der Waals surface area contributed by atoms with Gasteiger partial charge in [-0.05, 0) is 43.4 Å². The summed E-state index contributed by atoms with van der Waals surface area (Å²) in [6, 6.07) is 5.39. The molecule has 0 aromatic heterocycles. The summed E-state index contributed by atoms with van der Waals surface area (Å²) < 4.78 is 24.8. The zero-order valence-electron chi connectivity index (χ0n) is 14.1. The highest BCUT2D eigenvalue weighted by atomic mass is 35.5. The molecule has 1 aliphatic carbocycles. The van der Waals surface area contributed by atoms with Crippen molar-refractivity contribution in [2.24, 2.45) is 0 Å². The van der Waals surface area contributed by atoms with Crippen molar-refractivity contribution in [3.8, 4) is 0 Å². The molecule has 1 aliphatic heterocycles. The summed E-state index contributed by atoms with van der Waals surface area (Å²) in [6.07, 6.45) is 5.27. The van der Waals surface area contributed by atoms with E-state index in [0.717, 1.165) is 44.1 Å². The molecule has 1 heterocycles. The van der Waals surface area contributed by atoms with Crippen molar-refractivity contribution < 1.29 is 13.2 Å². The summed E-state index contributed by atoms with van der Waals surface area (Å²) >= 11 is 12.1. The Bertz CT molecular complexity index is 745. The molecule has 1 aromatic carbocycles. The second-order valence-electron chi connectivity index (χ2n) is 6.94. The van der Waals surface area contributed by atoms with Crippen molar-refractivity contribution in [3.63, 3.8) is 0 Å². The molecule has 1 amide bonds. The van der Waals surface area contributed by atoms with E-state index in [2.05, 4.69) is 0 Å². The van der Waals surface area contributed by atoms with E-state index >= 15 is 0 Å². The predicted molar refractivity (Wildman–Crippen MR) is 101 cm³/mol. The van der Waals surface area contributed by atoms with Crippen LogP contribution in [-0.2, 0) is 14.6 Å². The van der Waals surface area contributed by atoms with Crippen molar-refractivity contribution in [1.29, 1.82) is 0 Å². The standard InChI is InChI=1S/C18H23Cl2NO3S/c19-15-8-7-13(12-16(15)20)17-6-3-10-21(17)18(22)9-11-25(23,24)14-4-1-2-5-14/h7-8,12,14,17H,1-6,9-11H2/t17-/m1/s1. The molecule has 0 radical (unpaired) electrons. The summed E-state index contributed by atoms with van der Waals surface area (Å²) in [6.45, 7) is 0.660. The van der Waals surface area contributed by atoms with Crippen LogP contribution in [0.15, 0.2) is 18.2 Å². The molecule has 25 heavy (non-hydrogen) atoms. The maximum atomic E-state index is 12.6.